The fraction of sp³-hybridized carbons (Fsp3) is 0.238. The fourth-order valence-corrected chi connectivity index (χ4v) is 3.52. The van der Waals surface area contributed by atoms with Crippen LogP contribution in [0.2, 0.25) is 0 Å². The molecule has 1 aliphatic heterocycles. The molecule has 0 aromatic heterocycles. The lowest BCUT2D eigenvalue weighted by Gasteiger charge is -2.13. The molecule has 0 saturated carbocycles. The van der Waals surface area contributed by atoms with Crippen LogP contribution in [0.15, 0.2) is 47.4 Å². The summed E-state index contributed by atoms with van der Waals surface area (Å²) < 4.78 is 10.9. The third kappa shape index (κ3) is 4.52. The molecular weight excluding hydrogens is 362 g/mol. The number of benzene rings is 2. The van der Waals surface area contributed by atoms with E-state index in [1.807, 2.05) is 56.3 Å². The molecule has 5 nitrogen and oxygen atoms in total. The van der Waals surface area contributed by atoms with Gasteiger partial charge in [-0.05, 0) is 61.0 Å². The Kier molecular flexibility index (Phi) is 5.86. The average Bonchev–Trinajstić information content (AvgIpc) is 2.92. The minimum absolute atomic E-state index is 0.215. The molecule has 140 valence electrons. The molecule has 0 spiro atoms. The Bertz CT molecular complexity index is 890. The lowest BCUT2D eigenvalue weighted by atomic mass is 10.1. The smallest absolute Gasteiger partial charge is 0.293 e. The van der Waals surface area contributed by atoms with E-state index in [-0.39, 0.29) is 24.3 Å². The van der Waals surface area contributed by atoms with Gasteiger partial charge in [-0.3, -0.25) is 14.5 Å². The van der Waals surface area contributed by atoms with Crippen LogP contribution in [-0.2, 0) is 4.79 Å². The average molecular weight is 383 g/mol. The van der Waals surface area contributed by atoms with Gasteiger partial charge in [0.1, 0.15) is 18.1 Å². The molecular formula is C21H21NO4S. The maximum atomic E-state index is 12.6. The number of hydrogen-bond donors (Lipinski definition) is 0. The third-order valence-electron chi connectivity index (χ3n) is 4.21. The van der Waals surface area contributed by atoms with Crippen LogP contribution >= 0.6 is 11.8 Å². The van der Waals surface area contributed by atoms with Crippen molar-refractivity contribution in [3.63, 3.8) is 0 Å². The van der Waals surface area contributed by atoms with E-state index in [4.69, 9.17) is 9.47 Å². The summed E-state index contributed by atoms with van der Waals surface area (Å²) in [5, 5.41) is -0.280. The Balaban J connectivity index is 1.65. The highest BCUT2D eigenvalue weighted by atomic mass is 32.2. The van der Waals surface area contributed by atoms with Crippen molar-refractivity contribution in [1.82, 2.24) is 4.90 Å². The van der Waals surface area contributed by atoms with E-state index in [0.717, 1.165) is 40.0 Å². The highest BCUT2D eigenvalue weighted by Crippen LogP contribution is 2.32. The summed E-state index contributed by atoms with van der Waals surface area (Å²) in [5.41, 5.74) is 2.97. The number of rotatable bonds is 6. The van der Waals surface area contributed by atoms with Gasteiger partial charge in [-0.1, -0.05) is 29.8 Å². The van der Waals surface area contributed by atoms with Crippen LogP contribution in [0, 0.1) is 13.8 Å². The Hall–Kier alpha value is -2.73. The largest absolute Gasteiger partial charge is 0.496 e. The maximum Gasteiger partial charge on any atom is 0.293 e. The second-order valence-electron chi connectivity index (χ2n) is 6.22. The van der Waals surface area contributed by atoms with E-state index < -0.39 is 0 Å². The standard InChI is InChI=1S/C21H21NO4S/c1-14-4-8-17(9-5-14)26-11-10-22-20(23)19(27-21(22)24)13-16-7-6-15(2)18(12-16)25-3/h4-9,12-13H,10-11H2,1-3H3/b19-13-. The van der Waals surface area contributed by atoms with Gasteiger partial charge < -0.3 is 9.47 Å². The Morgan fingerprint density at radius 2 is 1.81 bits per heavy atom. The molecule has 1 saturated heterocycles. The molecule has 2 aromatic rings. The lowest BCUT2D eigenvalue weighted by Crippen LogP contribution is -2.32. The predicted octanol–water partition coefficient (Wildman–Crippen LogP) is 4.43. The van der Waals surface area contributed by atoms with Gasteiger partial charge in [0.25, 0.3) is 11.1 Å². The molecule has 1 aliphatic rings. The number of carbonyl (C=O) groups is 2. The van der Waals surface area contributed by atoms with Gasteiger partial charge in [0.15, 0.2) is 0 Å². The van der Waals surface area contributed by atoms with E-state index in [0.29, 0.717) is 4.91 Å². The Morgan fingerprint density at radius 3 is 2.52 bits per heavy atom. The molecule has 3 rings (SSSR count). The molecule has 27 heavy (non-hydrogen) atoms. The molecule has 2 aromatic carbocycles. The first kappa shape index (κ1) is 19.0. The topological polar surface area (TPSA) is 55.8 Å². The maximum absolute atomic E-state index is 12.6. The van der Waals surface area contributed by atoms with Gasteiger partial charge in [0.2, 0.25) is 0 Å². The molecule has 0 N–H and O–H groups in total. The van der Waals surface area contributed by atoms with Gasteiger partial charge in [-0.2, -0.15) is 0 Å². The first-order valence-corrected chi connectivity index (χ1v) is 9.39. The van der Waals surface area contributed by atoms with Crippen LogP contribution in [-0.4, -0.2) is 36.3 Å². The van der Waals surface area contributed by atoms with Crippen molar-refractivity contribution in [1.29, 1.82) is 0 Å². The van der Waals surface area contributed by atoms with E-state index >= 15 is 0 Å². The zero-order valence-electron chi connectivity index (χ0n) is 15.5. The van der Waals surface area contributed by atoms with E-state index in [9.17, 15) is 9.59 Å². The van der Waals surface area contributed by atoms with Crippen LogP contribution in [0.5, 0.6) is 11.5 Å². The third-order valence-corrected chi connectivity index (χ3v) is 5.12. The van der Waals surface area contributed by atoms with E-state index in [1.54, 1.807) is 13.2 Å². The Morgan fingerprint density at radius 1 is 1.07 bits per heavy atom. The number of amides is 2. The van der Waals surface area contributed by atoms with Crippen molar-refractivity contribution in [2.75, 3.05) is 20.3 Å². The van der Waals surface area contributed by atoms with Crippen molar-refractivity contribution >= 4 is 29.0 Å². The number of hydrogen-bond acceptors (Lipinski definition) is 5. The van der Waals surface area contributed by atoms with Crippen molar-refractivity contribution in [2.24, 2.45) is 0 Å². The van der Waals surface area contributed by atoms with Crippen molar-refractivity contribution in [3.05, 3.63) is 64.1 Å². The summed E-state index contributed by atoms with van der Waals surface area (Å²) in [4.78, 5) is 26.4. The molecule has 2 amide bonds. The second kappa shape index (κ2) is 8.31. The number of thioether (sulfide) groups is 1. The highest BCUT2D eigenvalue weighted by molar-refractivity contribution is 8.18. The molecule has 0 atom stereocenters. The van der Waals surface area contributed by atoms with Crippen LogP contribution in [0.4, 0.5) is 4.79 Å². The predicted molar refractivity (Wildman–Crippen MR) is 107 cm³/mol. The molecule has 1 heterocycles. The summed E-state index contributed by atoms with van der Waals surface area (Å²) in [6.07, 6.45) is 1.72. The van der Waals surface area contributed by atoms with Crippen LogP contribution in [0.3, 0.4) is 0 Å². The van der Waals surface area contributed by atoms with Crippen molar-refractivity contribution in [2.45, 2.75) is 13.8 Å². The van der Waals surface area contributed by atoms with Gasteiger partial charge >= 0.3 is 0 Å². The minimum atomic E-state index is -0.294. The van der Waals surface area contributed by atoms with Crippen molar-refractivity contribution in [3.8, 4) is 11.5 Å². The molecule has 1 fully saturated rings. The van der Waals surface area contributed by atoms with Gasteiger partial charge in [-0.25, -0.2) is 0 Å². The first-order valence-electron chi connectivity index (χ1n) is 8.57. The number of aryl methyl sites for hydroxylation is 2. The minimum Gasteiger partial charge on any atom is -0.496 e. The SMILES string of the molecule is COc1cc(/C=C2\SC(=O)N(CCOc3ccc(C)cc3)C2=O)ccc1C. The number of methoxy groups -OCH3 is 1. The number of imide groups is 1. The summed E-state index contributed by atoms with van der Waals surface area (Å²) >= 11 is 0.945. The van der Waals surface area contributed by atoms with Crippen molar-refractivity contribution < 1.29 is 19.1 Å². The van der Waals surface area contributed by atoms with Crippen LogP contribution in [0.1, 0.15) is 16.7 Å². The number of ether oxygens (including phenoxy) is 2. The summed E-state index contributed by atoms with van der Waals surface area (Å²) in [5.74, 6) is 1.17. The summed E-state index contributed by atoms with van der Waals surface area (Å²) in [7, 11) is 1.61. The Labute approximate surface area is 163 Å². The van der Waals surface area contributed by atoms with Gasteiger partial charge in [-0.15, -0.1) is 0 Å². The fourth-order valence-electron chi connectivity index (χ4n) is 2.66. The monoisotopic (exact) mass is 383 g/mol. The molecule has 0 unspecified atom stereocenters. The highest BCUT2D eigenvalue weighted by Gasteiger charge is 2.34. The summed E-state index contributed by atoms with van der Waals surface area (Å²) in [6.45, 7) is 4.42. The molecule has 0 aliphatic carbocycles. The zero-order valence-corrected chi connectivity index (χ0v) is 16.3. The molecule has 0 radical (unpaired) electrons. The molecule has 0 bridgehead atoms. The molecule has 6 heteroatoms. The quantitative estimate of drug-likeness (QED) is 0.691. The van der Waals surface area contributed by atoms with Crippen LogP contribution in [0.25, 0.3) is 6.08 Å². The lowest BCUT2D eigenvalue weighted by molar-refractivity contribution is -0.123. The van der Waals surface area contributed by atoms with Gasteiger partial charge in [0, 0.05) is 0 Å². The first-order chi connectivity index (χ1) is 13.0. The van der Waals surface area contributed by atoms with Crippen LogP contribution < -0.4 is 9.47 Å². The normalized spacial score (nSPS) is 15.5. The second-order valence-corrected chi connectivity index (χ2v) is 7.22. The van der Waals surface area contributed by atoms with E-state index in [2.05, 4.69) is 0 Å². The zero-order chi connectivity index (χ0) is 19.4. The number of nitrogens with zero attached hydrogens (tertiary/aromatic N) is 1. The van der Waals surface area contributed by atoms with E-state index in [1.165, 1.54) is 4.90 Å². The summed E-state index contributed by atoms with van der Waals surface area (Å²) in [6, 6.07) is 13.3. The number of carbonyl (C=O) groups excluding carboxylic acids is 2. The van der Waals surface area contributed by atoms with Gasteiger partial charge in [0.05, 0.1) is 18.6 Å².